The summed E-state index contributed by atoms with van der Waals surface area (Å²) in [5.74, 6) is -0.853. The molecule has 2 N–H and O–H groups in total. The molecule has 3 aromatic carbocycles. The molecule has 4 rings (SSSR count). The van der Waals surface area contributed by atoms with Gasteiger partial charge < -0.3 is 15.2 Å². The predicted octanol–water partition coefficient (Wildman–Crippen LogP) is 5.36. The molecule has 1 atom stereocenters. The maximum absolute atomic E-state index is 13.2. The average molecular weight is 466 g/mol. The highest BCUT2D eigenvalue weighted by Crippen LogP contribution is 2.44. The molecule has 1 aliphatic carbocycles. The molecule has 3 aromatic rings. The van der Waals surface area contributed by atoms with E-state index in [1.165, 1.54) is 23.9 Å². The second kappa shape index (κ2) is 10.1. The van der Waals surface area contributed by atoms with E-state index >= 15 is 0 Å². The van der Waals surface area contributed by atoms with Gasteiger partial charge in [-0.2, -0.15) is 11.8 Å². The molecule has 170 valence electrons. The second-order valence-electron chi connectivity index (χ2n) is 7.95. The molecule has 0 saturated heterocycles. The van der Waals surface area contributed by atoms with Crippen molar-refractivity contribution in [3.63, 3.8) is 0 Å². The van der Waals surface area contributed by atoms with Crippen LogP contribution in [0.4, 0.5) is 9.18 Å². The van der Waals surface area contributed by atoms with E-state index in [9.17, 15) is 19.1 Å². The number of nitrogens with one attached hydrogen (secondary N) is 1. The number of carboxylic acids is 1. The summed E-state index contributed by atoms with van der Waals surface area (Å²) in [6, 6.07) is 19.4. The molecule has 0 spiro atoms. The number of amides is 1. The minimum Gasteiger partial charge on any atom is -0.480 e. The summed E-state index contributed by atoms with van der Waals surface area (Å²) in [5.41, 5.74) is 6.15. The molecule has 0 aromatic heterocycles. The van der Waals surface area contributed by atoms with E-state index in [1.54, 1.807) is 6.07 Å². The van der Waals surface area contributed by atoms with E-state index in [0.29, 0.717) is 5.75 Å². The lowest BCUT2D eigenvalue weighted by Crippen LogP contribution is -2.43. The quantitative estimate of drug-likeness (QED) is 0.469. The zero-order valence-electron chi connectivity index (χ0n) is 18.1. The first kappa shape index (κ1) is 22.9. The Morgan fingerprint density at radius 2 is 1.70 bits per heavy atom. The van der Waals surface area contributed by atoms with E-state index in [-0.39, 0.29) is 24.1 Å². The van der Waals surface area contributed by atoms with Gasteiger partial charge in [0.1, 0.15) is 18.5 Å². The van der Waals surface area contributed by atoms with Gasteiger partial charge in [-0.15, -0.1) is 0 Å². The number of carbonyl (C=O) groups is 2. The normalized spacial score (nSPS) is 13.2. The maximum Gasteiger partial charge on any atom is 0.407 e. The summed E-state index contributed by atoms with van der Waals surface area (Å²) >= 11 is 1.36. The topological polar surface area (TPSA) is 75.6 Å². The van der Waals surface area contributed by atoms with Crippen LogP contribution in [-0.4, -0.2) is 35.6 Å². The lowest BCUT2D eigenvalue weighted by molar-refractivity contribution is -0.138. The molecule has 1 amide bonds. The van der Waals surface area contributed by atoms with E-state index in [2.05, 4.69) is 17.4 Å². The van der Waals surface area contributed by atoms with Gasteiger partial charge in [-0.05, 0) is 52.4 Å². The van der Waals surface area contributed by atoms with Gasteiger partial charge in [0, 0.05) is 17.4 Å². The average Bonchev–Trinajstić information content (AvgIpc) is 3.12. The van der Waals surface area contributed by atoms with Crippen molar-refractivity contribution < 1.29 is 23.8 Å². The summed E-state index contributed by atoms with van der Waals surface area (Å²) < 4.78 is 18.7. The third kappa shape index (κ3) is 5.20. The van der Waals surface area contributed by atoms with Crippen LogP contribution < -0.4 is 5.32 Å². The summed E-state index contributed by atoms with van der Waals surface area (Å²) in [5, 5.41) is 12.0. The monoisotopic (exact) mass is 465 g/mol. The number of ether oxygens (including phenoxy) is 1. The van der Waals surface area contributed by atoms with Crippen LogP contribution in [0.25, 0.3) is 11.1 Å². The van der Waals surface area contributed by atoms with Crippen LogP contribution in [0, 0.1) is 12.7 Å². The molecule has 33 heavy (non-hydrogen) atoms. The van der Waals surface area contributed by atoms with Gasteiger partial charge in [-0.1, -0.05) is 54.6 Å². The van der Waals surface area contributed by atoms with Crippen molar-refractivity contribution in [3.8, 4) is 11.1 Å². The van der Waals surface area contributed by atoms with Gasteiger partial charge in [0.2, 0.25) is 0 Å². The van der Waals surface area contributed by atoms with Crippen LogP contribution in [0.3, 0.4) is 0 Å². The fourth-order valence-electron chi connectivity index (χ4n) is 4.07. The van der Waals surface area contributed by atoms with Gasteiger partial charge >= 0.3 is 12.1 Å². The summed E-state index contributed by atoms with van der Waals surface area (Å²) in [7, 11) is 0. The summed E-state index contributed by atoms with van der Waals surface area (Å²) in [6.45, 7) is 1.93. The van der Waals surface area contributed by atoms with Crippen molar-refractivity contribution >= 4 is 23.8 Å². The smallest absolute Gasteiger partial charge is 0.407 e. The van der Waals surface area contributed by atoms with Gasteiger partial charge in [0.25, 0.3) is 0 Å². The number of hydrogen-bond acceptors (Lipinski definition) is 4. The fraction of sp³-hybridized carbons (Fsp3) is 0.231. The number of rotatable bonds is 8. The number of fused-ring (bicyclic) bond motifs is 3. The number of thioether (sulfide) groups is 1. The van der Waals surface area contributed by atoms with Gasteiger partial charge in [0.15, 0.2) is 0 Å². The fourth-order valence-corrected chi connectivity index (χ4v) is 5.19. The number of carbonyl (C=O) groups excluding carboxylic acids is 1. The highest BCUT2D eigenvalue weighted by atomic mass is 32.2. The van der Waals surface area contributed by atoms with E-state index in [4.69, 9.17) is 4.74 Å². The van der Waals surface area contributed by atoms with Crippen molar-refractivity contribution in [1.82, 2.24) is 5.32 Å². The molecule has 0 fully saturated rings. The molecule has 7 heteroatoms. The van der Waals surface area contributed by atoms with Crippen LogP contribution in [0.2, 0.25) is 0 Å². The highest BCUT2D eigenvalue weighted by molar-refractivity contribution is 7.98. The van der Waals surface area contributed by atoms with Crippen LogP contribution >= 0.6 is 11.8 Å². The summed E-state index contributed by atoms with van der Waals surface area (Å²) in [6.07, 6.45) is -0.761. The molecule has 1 aliphatic rings. The molecule has 0 bridgehead atoms. The molecule has 0 saturated carbocycles. The number of alkyl carbamates (subject to hydrolysis) is 1. The Morgan fingerprint density at radius 3 is 2.30 bits per heavy atom. The Bertz CT molecular complexity index is 1140. The van der Waals surface area contributed by atoms with Crippen molar-refractivity contribution in [1.29, 1.82) is 0 Å². The number of benzene rings is 3. The second-order valence-corrected chi connectivity index (χ2v) is 8.98. The van der Waals surface area contributed by atoms with Crippen LogP contribution in [0.1, 0.15) is 28.2 Å². The molecule has 5 nitrogen and oxygen atoms in total. The lowest BCUT2D eigenvalue weighted by atomic mass is 9.98. The number of aryl methyl sites for hydroxylation is 1. The largest absolute Gasteiger partial charge is 0.480 e. The minimum atomic E-state index is -1.13. The van der Waals surface area contributed by atoms with E-state index in [0.717, 1.165) is 33.4 Å². The zero-order chi connectivity index (χ0) is 23.4. The molecule has 0 heterocycles. The third-order valence-electron chi connectivity index (χ3n) is 5.78. The van der Waals surface area contributed by atoms with Crippen molar-refractivity contribution in [3.05, 3.63) is 94.8 Å². The van der Waals surface area contributed by atoms with Crippen LogP contribution in [0.15, 0.2) is 66.7 Å². The van der Waals surface area contributed by atoms with Gasteiger partial charge in [0.05, 0.1) is 0 Å². The highest BCUT2D eigenvalue weighted by Gasteiger charge is 2.29. The van der Waals surface area contributed by atoms with Crippen LogP contribution in [0.5, 0.6) is 0 Å². The molecule has 1 unspecified atom stereocenters. The molecule has 0 radical (unpaired) electrons. The Kier molecular flexibility index (Phi) is 6.99. The maximum atomic E-state index is 13.2. The van der Waals surface area contributed by atoms with Gasteiger partial charge in [-0.3, -0.25) is 0 Å². The Labute approximate surface area is 196 Å². The van der Waals surface area contributed by atoms with Gasteiger partial charge in [-0.25, -0.2) is 14.0 Å². The van der Waals surface area contributed by atoms with E-state index < -0.39 is 18.1 Å². The first-order valence-corrected chi connectivity index (χ1v) is 11.8. The number of halogens is 1. The van der Waals surface area contributed by atoms with Crippen LogP contribution in [-0.2, 0) is 15.3 Å². The first-order valence-electron chi connectivity index (χ1n) is 10.6. The Morgan fingerprint density at radius 1 is 1.06 bits per heavy atom. The van der Waals surface area contributed by atoms with Crippen molar-refractivity contribution in [2.75, 3.05) is 12.4 Å². The number of hydrogen-bond donors (Lipinski definition) is 2. The third-order valence-corrected chi connectivity index (χ3v) is 6.86. The zero-order valence-corrected chi connectivity index (χ0v) is 18.9. The summed E-state index contributed by atoms with van der Waals surface area (Å²) in [4.78, 5) is 24.1. The van der Waals surface area contributed by atoms with Crippen molar-refractivity contribution in [2.24, 2.45) is 0 Å². The standard InChI is InChI=1S/C26H24FNO4S/c1-16-12-18(27)11-10-17(16)14-33-15-24(25(29)30)28-26(31)32-13-23-21-8-4-2-6-19(21)20-7-3-5-9-22(20)23/h2-12,23-24H,13-15H2,1H3,(H,28,31)(H,29,30). The SMILES string of the molecule is Cc1cc(F)ccc1CSCC(NC(=O)OCC1c2ccccc2-c2ccccc21)C(=O)O. The molecule has 0 aliphatic heterocycles. The number of carboxylic acid groups (broad SMARTS) is 1. The number of aliphatic carboxylic acids is 1. The Balaban J connectivity index is 1.34. The minimum absolute atomic E-state index is 0.0951. The lowest BCUT2D eigenvalue weighted by Gasteiger charge is -2.17. The molecular weight excluding hydrogens is 441 g/mol. The first-order chi connectivity index (χ1) is 15.9. The Hall–Kier alpha value is -3.32. The predicted molar refractivity (Wildman–Crippen MR) is 127 cm³/mol. The molecular formula is C26H24FNO4S. The van der Waals surface area contributed by atoms with Crippen molar-refractivity contribution in [2.45, 2.75) is 24.6 Å². The van der Waals surface area contributed by atoms with E-state index in [1.807, 2.05) is 43.3 Å².